The van der Waals surface area contributed by atoms with E-state index in [9.17, 15) is 4.79 Å². The topological polar surface area (TPSA) is 60.5 Å². The molecule has 0 atom stereocenters. The molecule has 0 saturated heterocycles. The van der Waals surface area contributed by atoms with Crippen molar-refractivity contribution in [2.75, 3.05) is 20.1 Å². The van der Waals surface area contributed by atoms with Gasteiger partial charge in [0.05, 0.1) is 31.5 Å². The Hall–Kier alpha value is -3.36. The van der Waals surface area contributed by atoms with E-state index in [-0.39, 0.29) is 18.5 Å². The van der Waals surface area contributed by atoms with Crippen LogP contribution in [0.15, 0.2) is 83.5 Å². The number of benzene rings is 2. The van der Waals surface area contributed by atoms with E-state index in [0.717, 1.165) is 16.9 Å². The lowest BCUT2D eigenvalue weighted by Crippen LogP contribution is -2.40. The van der Waals surface area contributed by atoms with Crippen LogP contribution in [0.5, 0.6) is 0 Å². The largest absolute Gasteiger partial charge is 0.468 e. The van der Waals surface area contributed by atoms with Gasteiger partial charge in [-0.3, -0.25) is 9.69 Å². The molecule has 5 nitrogen and oxygen atoms in total. The van der Waals surface area contributed by atoms with Crippen LogP contribution in [-0.2, 0) is 11.3 Å². The normalized spacial score (nSPS) is 10.8. The number of nitrogens with zero attached hydrogens (tertiary/aromatic N) is 3. The summed E-state index contributed by atoms with van der Waals surface area (Å²) in [4.78, 5) is 16.9. The predicted octanol–water partition coefficient (Wildman–Crippen LogP) is 4.24. The van der Waals surface area contributed by atoms with Gasteiger partial charge in [-0.1, -0.05) is 60.7 Å². The number of furan rings is 1. The zero-order valence-electron chi connectivity index (χ0n) is 16.6. The SMILES string of the molecule is CN(C(=O)CN(CCC#N)Cc1ccco1)C(c1ccccc1)c1ccccc1. The molecule has 0 N–H and O–H groups in total. The van der Waals surface area contributed by atoms with Crippen molar-refractivity contribution in [1.29, 1.82) is 5.26 Å². The monoisotopic (exact) mass is 387 g/mol. The maximum atomic E-state index is 13.2. The van der Waals surface area contributed by atoms with Crippen molar-refractivity contribution in [3.8, 4) is 6.07 Å². The highest BCUT2D eigenvalue weighted by Crippen LogP contribution is 2.27. The Morgan fingerprint density at radius 1 is 1.00 bits per heavy atom. The summed E-state index contributed by atoms with van der Waals surface area (Å²) in [7, 11) is 1.84. The fourth-order valence-corrected chi connectivity index (χ4v) is 3.40. The van der Waals surface area contributed by atoms with Crippen LogP contribution >= 0.6 is 0 Å². The predicted molar refractivity (Wildman–Crippen MR) is 112 cm³/mol. The number of hydrogen-bond donors (Lipinski definition) is 0. The van der Waals surface area contributed by atoms with E-state index in [1.165, 1.54) is 0 Å². The number of carbonyl (C=O) groups is 1. The van der Waals surface area contributed by atoms with Crippen LogP contribution in [0.2, 0.25) is 0 Å². The van der Waals surface area contributed by atoms with Crippen LogP contribution in [-0.4, -0.2) is 35.8 Å². The van der Waals surface area contributed by atoms with Gasteiger partial charge in [0, 0.05) is 20.0 Å². The fraction of sp³-hybridized carbons (Fsp3) is 0.250. The Labute approximate surface area is 171 Å². The van der Waals surface area contributed by atoms with Gasteiger partial charge in [0.1, 0.15) is 5.76 Å². The number of hydrogen-bond acceptors (Lipinski definition) is 4. The third-order valence-electron chi connectivity index (χ3n) is 4.87. The van der Waals surface area contributed by atoms with E-state index < -0.39 is 0 Å². The molecule has 1 heterocycles. The first kappa shape index (κ1) is 20.4. The third-order valence-corrected chi connectivity index (χ3v) is 4.87. The summed E-state index contributed by atoms with van der Waals surface area (Å²) in [6.45, 7) is 1.22. The molecule has 1 amide bonds. The van der Waals surface area contributed by atoms with Gasteiger partial charge in [0.2, 0.25) is 5.91 Å². The molecule has 0 aliphatic heterocycles. The van der Waals surface area contributed by atoms with Crippen molar-refractivity contribution >= 4 is 5.91 Å². The second kappa shape index (κ2) is 10.3. The Bertz CT molecular complexity index is 878. The minimum absolute atomic E-state index is 0.00722. The molecule has 3 aromatic rings. The Morgan fingerprint density at radius 2 is 1.62 bits per heavy atom. The van der Waals surface area contributed by atoms with Crippen LogP contribution in [0.4, 0.5) is 0 Å². The first-order valence-electron chi connectivity index (χ1n) is 9.66. The molecule has 2 aromatic carbocycles. The van der Waals surface area contributed by atoms with Crippen molar-refractivity contribution in [3.63, 3.8) is 0 Å². The highest BCUT2D eigenvalue weighted by atomic mass is 16.3. The average molecular weight is 387 g/mol. The van der Waals surface area contributed by atoms with E-state index in [1.807, 2.05) is 84.7 Å². The summed E-state index contributed by atoms with van der Waals surface area (Å²) < 4.78 is 5.42. The second-order valence-electron chi connectivity index (χ2n) is 6.93. The standard InChI is InChI=1S/C24H25N3O2/c1-26(23(28)19-27(16-9-15-25)18-22-14-8-17-29-22)24(20-10-4-2-5-11-20)21-12-6-3-7-13-21/h2-8,10-14,17,24H,9,16,18-19H2,1H3. The molecule has 0 radical (unpaired) electrons. The van der Waals surface area contributed by atoms with Gasteiger partial charge in [-0.15, -0.1) is 0 Å². The van der Waals surface area contributed by atoms with Crippen molar-refractivity contribution in [2.45, 2.75) is 19.0 Å². The van der Waals surface area contributed by atoms with Gasteiger partial charge in [0.15, 0.2) is 0 Å². The summed E-state index contributed by atoms with van der Waals surface area (Å²) in [5.41, 5.74) is 2.12. The van der Waals surface area contributed by atoms with Crippen molar-refractivity contribution < 1.29 is 9.21 Å². The zero-order valence-corrected chi connectivity index (χ0v) is 16.6. The molecule has 0 spiro atoms. The van der Waals surface area contributed by atoms with E-state index in [0.29, 0.717) is 19.5 Å². The lowest BCUT2D eigenvalue weighted by Gasteiger charge is -2.31. The van der Waals surface area contributed by atoms with Gasteiger partial charge in [-0.2, -0.15) is 5.26 Å². The van der Waals surface area contributed by atoms with Crippen LogP contribution < -0.4 is 0 Å². The van der Waals surface area contributed by atoms with Crippen LogP contribution in [0.25, 0.3) is 0 Å². The molecule has 0 bridgehead atoms. The van der Waals surface area contributed by atoms with Crippen LogP contribution in [0.3, 0.4) is 0 Å². The molecule has 0 aliphatic carbocycles. The molecule has 0 aliphatic rings. The molecule has 3 rings (SSSR count). The number of likely N-dealkylation sites (N-methyl/N-ethyl adjacent to an activating group) is 1. The first-order valence-corrected chi connectivity index (χ1v) is 9.66. The maximum absolute atomic E-state index is 13.2. The van der Waals surface area contributed by atoms with Crippen LogP contribution in [0.1, 0.15) is 29.3 Å². The van der Waals surface area contributed by atoms with Gasteiger partial charge < -0.3 is 9.32 Å². The minimum Gasteiger partial charge on any atom is -0.468 e. The smallest absolute Gasteiger partial charge is 0.237 e. The van der Waals surface area contributed by atoms with E-state index >= 15 is 0 Å². The van der Waals surface area contributed by atoms with Gasteiger partial charge in [0.25, 0.3) is 0 Å². The van der Waals surface area contributed by atoms with Crippen molar-refractivity contribution in [1.82, 2.24) is 9.80 Å². The molecule has 0 unspecified atom stereocenters. The van der Waals surface area contributed by atoms with Gasteiger partial charge in [-0.25, -0.2) is 0 Å². The first-order chi connectivity index (χ1) is 14.2. The summed E-state index contributed by atoms with van der Waals surface area (Å²) in [5.74, 6) is 0.772. The Balaban J connectivity index is 1.79. The third kappa shape index (κ3) is 5.56. The number of carbonyl (C=O) groups excluding carboxylic acids is 1. The molecular weight excluding hydrogens is 362 g/mol. The van der Waals surface area contributed by atoms with Crippen molar-refractivity contribution in [2.24, 2.45) is 0 Å². The summed E-state index contributed by atoms with van der Waals surface area (Å²) in [6.07, 6.45) is 1.98. The molecule has 5 heteroatoms. The summed E-state index contributed by atoms with van der Waals surface area (Å²) >= 11 is 0. The lowest BCUT2D eigenvalue weighted by molar-refractivity contribution is -0.132. The quantitative estimate of drug-likeness (QED) is 0.551. The number of rotatable bonds is 9. The Kier molecular flexibility index (Phi) is 7.21. The number of amides is 1. The molecular formula is C24H25N3O2. The van der Waals surface area contributed by atoms with E-state index in [1.54, 1.807) is 11.2 Å². The molecule has 0 saturated carbocycles. The molecule has 29 heavy (non-hydrogen) atoms. The number of nitriles is 1. The van der Waals surface area contributed by atoms with Crippen LogP contribution in [0, 0.1) is 11.3 Å². The fourth-order valence-electron chi connectivity index (χ4n) is 3.40. The van der Waals surface area contributed by atoms with Gasteiger partial charge in [-0.05, 0) is 23.3 Å². The molecule has 1 aromatic heterocycles. The maximum Gasteiger partial charge on any atom is 0.237 e. The zero-order chi connectivity index (χ0) is 20.5. The van der Waals surface area contributed by atoms with Crippen molar-refractivity contribution in [3.05, 3.63) is 95.9 Å². The van der Waals surface area contributed by atoms with E-state index in [4.69, 9.17) is 9.68 Å². The van der Waals surface area contributed by atoms with Gasteiger partial charge >= 0.3 is 0 Å². The highest BCUT2D eigenvalue weighted by molar-refractivity contribution is 5.79. The molecule has 0 fully saturated rings. The lowest BCUT2D eigenvalue weighted by atomic mass is 9.97. The summed E-state index contributed by atoms with van der Waals surface area (Å²) in [6, 6.07) is 25.7. The summed E-state index contributed by atoms with van der Waals surface area (Å²) in [5, 5.41) is 8.97. The van der Waals surface area contributed by atoms with E-state index in [2.05, 4.69) is 6.07 Å². The highest BCUT2D eigenvalue weighted by Gasteiger charge is 2.25. The average Bonchev–Trinajstić information content (AvgIpc) is 3.26. The Morgan fingerprint density at radius 3 is 2.14 bits per heavy atom. The second-order valence-corrected chi connectivity index (χ2v) is 6.93. The minimum atomic E-state index is -0.175. The molecule has 148 valence electrons.